The van der Waals surface area contributed by atoms with Crippen LogP contribution in [0.2, 0.25) is 0 Å². The van der Waals surface area contributed by atoms with Crippen LogP contribution in [0.3, 0.4) is 0 Å². The number of benzene rings is 1. The van der Waals surface area contributed by atoms with Crippen LogP contribution in [-0.2, 0) is 25.6 Å². The molecule has 0 aromatic heterocycles. The summed E-state index contributed by atoms with van der Waals surface area (Å²) in [6.45, 7) is 8.56. The molecule has 4 rings (SSSR count). The first-order chi connectivity index (χ1) is 12.7. The van der Waals surface area contributed by atoms with Crippen molar-refractivity contribution in [3.8, 4) is 0 Å². The van der Waals surface area contributed by atoms with Crippen molar-refractivity contribution >= 4 is 5.91 Å². The summed E-state index contributed by atoms with van der Waals surface area (Å²) in [7, 11) is 0. The summed E-state index contributed by atoms with van der Waals surface area (Å²) in [5, 5.41) is 10.3. The summed E-state index contributed by atoms with van der Waals surface area (Å²) < 4.78 is 18.3. The van der Waals surface area contributed by atoms with Crippen molar-refractivity contribution in [2.45, 2.75) is 64.4 Å². The van der Waals surface area contributed by atoms with Gasteiger partial charge in [-0.05, 0) is 12.5 Å². The lowest BCUT2D eigenvalue weighted by atomic mass is 9.77. The van der Waals surface area contributed by atoms with E-state index in [-0.39, 0.29) is 36.7 Å². The third-order valence-electron chi connectivity index (χ3n) is 6.39. The molecule has 5 atom stereocenters. The van der Waals surface area contributed by atoms with E-state index in [0.717, 1.165) is 5.56 Å². The number of amides is 1. The Morgan fingerprint density at radius 2 is 2.00 bits per heavy atom. The highest BCUT2D eigenvalue weighted by atomic mass is 16.7. The Morgan fingerprint density at radius 3 is 2.63 bits per heavy atom. The quantitative estimate of drug-likeness (QED) is 0.875. The summed E-state index contributed by atoms with van der Waals surface area (Å²) in [6.07, 6.45) is -0.340. The van der Waals surface area contributed by atoms with E-state index >= 15 is 0 Å². The van der Waals surface area contributed by atoms with Gasteiger partial charge in [-0.2, -0.15) is 0 Å². The number of carbonyl (C=O) groups excluding carboxylic acids is 1. The van der Waals surface area contributed by atoms with Crippen LogP contribution >= 0.6 is 0 Å². The van der Waals surface area contributed by atoms with Crippen LogP contribution in [0.4, 0.5) is 0 Å². The van der Waals surface area contributed by atoms with Crippen LogP contribution in [0.5, 0.6) is 0 Å². The molecule has 6 heteroatoms. The zero-order valence-corrected chi connectivity index (χ0v) is 16.5. The molecule has 0 radical (unpaired) electrons. The van der Waals surface area contributed by atoms with E-state index in [1.54, 1.807) is 4.90 Å². The number of ether oxygens (including phenoxy) is 3. The fraction of sp³-hybridized carbons (Fsp3) is 0.667. The van der Waals surface area contributed by atoms with Crippen LogP contribution in [-0.4, -0.2) is 52.8 Å². The molecule has 2 unspecified atom stereocenters. The SMILES string of the molecule is CC(C)(C)[C@@H]1OC[C@]2(CO)N1C(=O)[C@H]1CC(OCc3ccccc3)OC12C. The third kappa shape index (κ3) is 2.65. The van der Waals surface area contributed by atoms with Crippen LogP contribution in [0.15, 0.2) is 30.3 Å². The van der Waals surface area contributed by atoms with Crippen molar-refractivity contribution in [1.29, 1.82) is 0 Å². The molecule has 1 amide bonds. The van der Waals surface area contributed by atoms with Gasteiger partial charge in [-0.25, -0.2) is 0 Å². The fourth-order valence-corrected chi connectivity index (χ4v) is 4.83. The van der Waals surface area contributed by atoms with Crippen molar-refractivity contribution in [2.75, 3.05) is 13.2 Å². The van der Waals surface area contributed by atoms with E-state index in [1.165, 1.54) is 0 Å². The molecule has 3 aliphatic rings. The van der Waals surface area contributed by atoms with Crippen molar-refractivity contribution in [3.05, 3.63) is 35.9 Å². The number of hydrogen-bond donors (Lipinski definition) is 1. The average Bonchev–Trinajstić information content (AvgIpc) is 3.23. The molecule has 27 heavy (non-hydrogen) atoms. The van der Waals surface area contributed by atoms with E-state index in [2.05, 4.69) is 0 Å². The summed E-state index contributed by atoms with van der Waals surface area (Å²) in [6, 6.07) is 9.89. The Hall–Kier alpha value is -1.47. The molecule has 1 aromatic rings. The molecular formula is C21H29NO5. The van der Waals surface area contributed by atoms with Gasteiger partial charge in [0.15, 0.2) is 6.29 Å². The Kier molecular flexibility index (Phi) is 4.38. The first kappa shape index (κ1) is 18.9. The number of rotatable bonds is 4. The average molecular weight is 375 g/mol. The normalized spacial score (nSPS) is 38.3. The number of aliphatic hydroxyl groups is 1. The highest BCUT2D eigenvalue weighted by Crippen LogP contribution is 2.57. The highest BCUT2D eigenvalue weighted by Gasteiger charge is 2.75. The standard InChI is InChI=1S/C21H29NO5/c1-19(2,3)18-22-17(24)15-10-16(25-11-14-8-6-5-7-9-14)27-20(15,4)21(22,12-23)13-26-18/h5-9,15-16,18,23H,10-13H2,1-4H3/t15-,16?,18+,20?,21+/m1/s1. The van der Waals surface area contributed by atoms with Crippen molar-refractivity contribution in [1.82, 2.24) is 4.90 Å². The minimum absolute atomic E-state index is 0.00483. The van der Waals surface area contributed by atoms with Crippen molar-refractivity contribution in [3.63, 3.8) is 0 Å². The first-order valence-corrected chi connectivity index (χ1v) is 9.62. The van der Waals surface area contributed by atoms with E-state index in [0.29, 0.717) is 13.0 Å². The van der Waals surface area contributed by atoms with Crippen LogP contribution in [0.25, 0.3) is 0 Å². The molecule has 3 saturated heterocycles. The van der Waals surface area contributed by atoms with Gasteiger partial charge in [-0.15, -0.1) is 0 Å². The molecule has 3 aliphatic heterocycles. The molecule has 6 nitrogen and oxygen atoms in total. The predicted octanol–water partition coefficient (Wildman–Crippen LogP) is 2.30. The van der Waals surface area contributed by atoms with E-state index in [4.69, 9.17) is 14.2 Å². The van der Waals surface area contributed by atoms with Crippen LogP contribution < -0.4 is 0 Å². The number of hydrogen-bond acceptors (Lipinski definition) is 5. The zero-order valence-electron chi connectivity index (χ0n) is 16.5. The summed E-state index contributed by atoms with van der Waals surface area (Å²) in [5.41, 5.74) is -0.882. The second kappa shape index (κ2) is 6.27. The lowest BCUT2D eigenvalue weighted by Crippen LogP contribution is -2.61. The Labute approximate surface area is 160 Å². The van der Waals surface area contributed by atoms with Crippen molar-refractivity contribution in [2.24, 2.45) is 11.3 Å². The van der Waals surface area contributed by atoms with Crippen molar-refractivity contribution < 1.29 is 24.1 Å². The first-order valence-electron chi connectivity index (χ1n) is 9.62. The number of nitrogens with zero attached hydrogens (tertiary/aromatic N) is 1. The largest absolute Gasteiger partial charge is 0.394 e. The number of carbonyl (C=O) groups is 1. The highest BCUT2D eigenvalue weighted by molar-refractivity contribution is 5.86. The maximum Gasteiger partial charge on any atom is 0.231 e. The fourth-order valence-electron chi connectivity index (χ4n) is 4.83. The monoisotopic (exact) mass is 375 g/mol. The Bertz CT molecular complexity index is 717. The van der Waals surface area contributed by atoms with Gasteiger partial charge in [0.1, 0.15) is 17.4 Å². The minimum atomic E-state index is -0.864. The number of fused-ring (bicyclic) bond motifs is 3. The maximum atomic E-state index is 13.3. The molecule has 0 spiro atoms. The Balaban J connectivity index is 1.56. The molecule has 0 saturated carbocycles. The summed E-state index contributed by atoms with van der Waals surface area (Å²) in [4.78, 5) is 15.1. The second-order valence-corrected chi connectivity index (χ2v) is 9.17. The molecule has 1 N–H and O–H groups in total. The summed E-state index contributed by atoms with van der Waals surface area (Å²) >= 11 is 0. The summed E-state index contributed by atoms with van der Waals surface area (Å²) in [5.74, 6) is -0.339. The van der Waals surface area contributed by atoms with Gasteiger partial charge in [-0.1, -0.05) is 51.1 Å². The van der Waals surface area contributed by atoms with Gasteiger partial charge in [-0.3, -0.25) is 4.79 Å². The molecule has 0 bridgehead atoms. The van der Waals surface area contributed by atoms with Gasteiger partial charge < -0.3 is 24.2 Å². The van der Waals surface area contributed by atoms with E-state index in [1.807, 2.05) is 58.0 Å². The predicted molar refractivity (Wildman–Crippen MR) is 98.5 cm³/mol. The zero-order chi connectivity index (χ0) is 19.4. The Morgan fingerprint density at radius 1 is 1.30 bits per heavy atom. The lowest BCUT2D eigenvalue weighted by molar-refractivity contribution is -0.202. The maximum absolute atomic E-state index is 13.3. The van der Waals surface area contributed by atoms with E-state index in [9.17, 15) is 9.90 Å². The van der Waals surface area contributed by atoms with Gasteiger partial charge in [0.25, 0.3) is 0 Å². The van der Waals surface area contributed by atoms with E-state index < -0.39 is 17.4 Å². The van der Waals surface area contributed by atoms with Gasteiger partial charge in [0, 0.05) is 11.8 Å². The topological polar surface area (TPSA) is 68.2 Å². The van der Waals surface area contributed by atoms with Crippen LogP contribution in [0.1, 0.15) is 39.7 Å². The van der Waals surface area contributed by atoms with Gasteiger partial charge in [0.05, 0.1) is 25.7 Å². The molecule has 1 aromatic carbocycles. The number of aliphatic hydroxyl groups excluding tert-OH is 1. The minimum Gasteiger partial charge on any atom is -0.394 e. The third-order valence-corrected chi connectivity index (χ3v) is 6.39. The molecule has 148 valence electrons. The molecule has 3 fully saturated rings. The lowest BCUT2D eigenvalue weighted by Gasteiger charge is -2.42. The second-order valence-electron chi connectivity index (χ2n) is 9.17. The molecule has 3 heterocycles. The molecule has 0 aliphatic carbocycles. The van der Waals surface area contributed by atoms with Gasteiger partial charge in [0.2, 0.25) is 5.91 Å². The van der Waals surface area contributed by atoms with Gasteiger partial charge >= 0.3 is 0 Å². The smallest absolute Gasteiger partial charge is 0.231 e. The molecular weight excluding hydrogens is 346 g/mol. The van der Waals surface area contributed by atoms with Crippen LogP contribution in [0, 0.1) is 11.3 Å².